The van der Waals surface area contributed by atoms with Crippen LogP contribution in [-0.4, -0.2) is 6.61 Å². The molecule has 0 heterocycles. The lowest BCUT2D eigenvalue weighted by Gasteiger charge is -1.94. The number of rotatable bonds is 2. The van der Waals surface area contributed by atoms with Crippen LogP contribution >= 0.6 is 0 Å². The van der Waals surface area contributed by atoms with Crippen LogP contribution < -0.4 is 0 Å². The molecule has 0 aromatic carbocycles. The first-order valence-electron chi connectivity index (χ1n) is 1.31. The molecule has 30 valence electrons. The van der Waals surface area contributed by atoms with Gasteiger partial charge in [-0.15, -0.1) is 6.58 Å². The Bertz CT molecular complexity index is 28.1. The fourth-order valence-electron chi connectivity index (χ4n) is 0.0589. The lowest BCUT2D eigenvalue weighted by molar-refractivity contribution is 0.291. The molecule has 0 spiro atoms. The summed E-state index contributed by atoms with van der Waals surface area (Å²) in [7, 11) is 0. The summed E-state index contributed by atoms with van der Waals surface area (Å²) in [4.78, 5) is 3.82. The molecule has 0 saturated carbocycles. The summed E-state index contributed by atoms with van der Waals surface area (Å²) < 4.78 is 0. The maximum Gasteiger partial charge on any atom is 0.0430 e. The molecule has 0 fully saturated rings. The van der Waals surface area contributed by atoms with Gasteiger partial charge in [-0.05, 0) is 0 Å². The summed E-state index contributed by atoms with van der Waals surface area (Å²) in [5.74, 6) is 6.03. The molecular weight excluding hydrogens is 66.0 g/mol. The Morgan fingerprint density at radius 3 is 2.60 bits per heavy atom. The highest BCUT2D eigenvalue weighted by molar-refractivity contribution is 4.63. The molecule has 2 heteroatoms. The van der Waals surface area contributed by atoms with Gasteiger partial charge in [-0.3, -0.25) is 0 Å². The predicted molar refractivity (Wildman–Crippen MR) is 20.5 cm³/mol. The third kappa shape index (κ3) is 3.66. The first-order chi connectivity index (χ1) is 2.41. The molecule has 5 heavy (non-hydrogen) atoms. The molecule has 0 aliphatic carbocycles. The van der Waals surface area contributed by atoms with Crippen LogP contribution in [0, 0.1) is 0 Å². The Morgan fingerprint density at radius 2 is 2.60 bits per heavy atom. The molecule has 0 bridgehead atoms. The van der Waals surface area contributed by atoms with Crippen LogP contribution in [0.25, 0.3) is 5.90 Å². The quantitative estimate of drug-likeness (QED) is 0.356. The smallest absolute Gasteiger partial charge is 0.0430 e. The van der Waals surface area contributed by atoms with Crippen molar-refractivity contribution in [3.8, 4) is 0 Å². The van der Waals surface area contributed by atoms with Crippen molar-refractivity contribution in [2.24, 2.45) is 0 Å². The van der Waals surface area contributed by atoms with Crippen molar-refractivity contribution in [1.29, 1.82) is 0 Å². The van der Waals surface area contributed by atoms with Crippen molar-refractivity contribution in [3.63, 3.8) is 0 Å². The van der Waals surface area contributed by atoms with Crippen LogP contribution in [0.1, 0.15) is 0 Å². The van der Waals surface area contributed by atoms with E-state index in [0.717, 1.165) is 0 Å². The molecule has 0 radical (unpaired) electrons. The van der Waals surface area contributed by atoms with Gasteiger partial charge in [0.05, 0.1) is 0 Å². The standard InChI is InChI=1S/C3H6NO/c1-2-3-5-4/h2,4H,1,3H2/q-1. The van der Waals surface area contributed by atoms with Gasteiger partial charge in [0.1, 0.15) is 0 Å². The Morgan fingerprint density at radius 1 is 2.00 bits per heavy atom. The van der Waals surface area contributed by atoms with Crippen molar-refractivity contribution in [2.45, 2.75) is 0 Å². The molecule has 1 N–H and O–H groups in total. The van der Waals surface area contributed by atoms with Crippen LogP contribution in [-0.2, 0) is 4.84 Å². The fourth-order valence-corrected chi connectivity index (χ4v) is 0.0589. The normalized spacial score (nSPS) is 7.40. The minimum atomic E-state index is 0.319. The van der Waals surface area contributed by atoms with Gasteiger partial charge in [0.15, 0.2) is 0 Å². The molecule has 0 aromatic rings. The van der Waals surface area contributed by atoms with Gasteiger partial charge in [-0.25, -0.2) is 0 Å². The van der Waals surface area contributed by atoms with Crippen molar-refractivity contribution < 1.29 is 4.84 Å². The van der Waals surface area contributed by atoms with Crippen molar-refractivity contribution in [3.05, 3.63) is 18.6 Å². The van der Waals surface area contributed by atoms with E-state index in [1.54, 1.807) is 0 Å². The lowest BCUT2D eigenvalue weighted by Crippen LogP contribution is -1.71. The van der Waals surface area contributed by atoms with Crippen LogP contribution in [0.15, 0.2) is 12.7 Å². The molecule has 0 aliphatic rings. The van der Waals surface area contributed by atoms with Gasteiger partial charge in [0, 0.05) is 6.61 Å². The Balaban J connectivity index is 2.40. The number of hydrogen-bond donors (Lipinski definition) is 0. The highest BCUT2D eigenvalue weighted by Crippen LogP contribution is 1.66. The van der Waals surface area contributed by atoms with Gasteiger partial charge < -0.3 is 10.7 Å². The SMILES string of the molecule is C=CCO[NH-]. The molecule has 0 aliphatic heterocycles. The second-order valence-electron chi connectivity index (χ2n) is 0.600. The molecule has 0 saturated heterocycles. The van der Waals surface area contributed by atoms with E-state index >= 15 is 0 Å². The Kier molecular flexibility index (Phi) is 3.41. The second-order valence-corrected chi connectivity index (χ2v) is 0.600. The maximum absolute atomic E-state index is 6.03. The summed E-state index contributed by atoms with van der Waals surface area (Å²) in [6.45, 7) is 3.62. The van der Waals surface area contributed by atoms with E-state index in [1.807, 2.05) is 0 Å². The maximum atomic E-state index is 6.03. The van der Waals surface area contributed by atoms with Crippen molar-refractivity contribution >= 4 is 0 Å². The third-order valence-electron chi connectivity index (χ3n) is 0.201. The van der Waals surface area contributed by atoms with Gasteiger partial charge in [0.25, 0.3) is 0 Å². The molecular formula is C3H6NO-. The zero-order valence-corrected chi connectivity index (χ0v) is 2.90. The fraction of sp³-hybridized carbons (Fsp3) is 0.333. The molecule has 0 unspecified atom stereocenters. The largest absolute Gasteiger partial charge is 0.549 e. The van der Waals surface area contributed by atoms with Gasteiger partial charge in [-0.1, -0.05) is 6.08 Å². The van der Waals surface area contributed by atoms with Crippen molar-refractivity contribution in [2.75, 3.05) is 6.61 Å². The highest BCUT2D eigenvalue weighted by Gasteiger charge is 1.51. The van der Waals surface area contributed by atoms with Gasteiger partial charge >= 0.3 is 0 Å². The van der Waals surface area contributed by atoms with E-state index < -0.39 is 0 Å². The lowest BCUT2D eigenvalue weighted by atomic mass is 10.7. The van der Waals surface area contributed by atoms with Gasteiger partial charge in [0.2, 0.25) is 0 Å². The molecule has 0 atom stereocenters. The topological polar surface area (TPSA) is 33.0 Å². The predicted octanol–water partition coefficient (Wildman–Crippen LogP) is 1.16. The summed E-state index contributed by atoms with van der Waals surface area (Å²) in [5, 5.41) is 0. The second kappa shape index (κ2) is 3.66. The number of nitrogens with one attached hydrogen (secondary N) is 1. The van der Waals surface area contributed by atoms with E-state index in [2.05, 4.69) is 11.4 Å². The first kappa shape index (κ1) is 4.66. The van der Waals surface area contributed by atoms with E-state index in [4.69, 9.17) is 5.90 Å². The molecule has 0 rings (SSSR count). The summed E-state index contributed by atoms with van der Waals surface area (Å²) in [6, 6.07) is 0. The van der Waals surface area contributed by atoms with Crippen LogP contribution in [0.5, 0.6) is 0 Å². The highest BCUT2D eigenvalue weighted by atomic mass is 16.6. The molecule has 0 amide bonds. The Hall–Kier alpha value is -0.340. The monoisotopic (exact) mass is 72.0 g/mol. The minimum Gasteiger partial charge on any atom is -0.549 e. The van der Waals surface area contributed by atoms with Crippen LogP contribution in [0.3, 0.4) is 0 Å². The minimum absolute atomic E-state index is 0.319. The summed E-state index contributed by atoms with van der Waals surface area (Å²) in [5.41, 5.74) is 0. The van der Waals surface area contributed by atoms with E-state index in [1.165, 1.54) is 6.08 Å². The zero-order chi connectivity index (χ0) is 4.12. The average Bonchev–Trinajstić information content (AvgIpc) is 1.41. The van der Waals surface area contributed by atoms with Crippen LogP contribution in [0.2, 0.25) is 0 Å². The zero-order valence-electron chi connectivity index (χ0n) is 2.90. The summed E-state index contributed by atoms with van der Waals surface area (Å²) in [6.07, 6.45) is 1.52. The van der Waals surface area contributed by atoms with Crippen molar-refractivity contribution in [1.82, 2.24) is 0 Å². The van der Waals surface area contributed by atoms with E-state index in [9.17, 15) is 0 Å². The Labute approximate surface area is 31.2 Å². The molecule has 0 aromatic heterocycles. The van der Waals surface area contributed by atoms with Gasteiger partial charge in [-0.2, -0.15) is 0 Å². The average molecular weight is 72.1 g/mol. The first-order valence-corrected chi connectivity index (χ1v) is 1.31. The molecule has 2 nitrogen and oxygen atoms in total. The third-order valence-corrected chi connectivity index (χ3v) is 0.201. The summed E-state index contributed by atoms with van der Waals surface area (Å²) >= 11 is 0. The van der Waals surface area contributed by atoms with E-state index in [-0.39, 0.29) is 0 Å². The number of hydrogen-bond acceptors (Lipinski definition) is 1. The van der Waals surface area contributed by atoms with Crippen LogP contribution in [0.4, 0.5) is 0 Å². The van der Waals surface area contributed by atoms with E-state index in [0.29, 0.717) is 6.61 Å².